The Morgan fingerprint density at radius 1 is 0.860 bits per heavy atom. The van der Waals surface area contributed by atoms with Crippen LogP contribution in [0.25, 0.3) is 17.0 Å². The first-order valence-corrected chi connectivity index (χ1v) is 18.2. The molecule has 6 rings (SSSR count). The third kappa shape index (κ3) is 8.37. The number of carbonyl (C=O) groups excluding carboxylic acids is 3. The molecule has 1 unspecified atom stereocenters. The zero-order valence-corrected chi connectivity index (χ0v) is 29.1. The summed E-state index contributed by atoms with van der Waals surface area (Å²) in [4.78, 5) is 60.4. The predicted octanol–water partition coefficient (Wildman–Crippen LogP) is 7.02. The van der Waals surface area contributed by atoms with Crippen LogP contribution in [0.3, 0.4) is 0 Å². The van der Waals surface area contributed by atoms with E-state index in [1.165, 1.54) is 62.3 Å². The van der Waals surface area contributed by atoms with Gasteiger partial charge in [-0.3, -0.25) is 19.2 Å². The average molecular weight is 677 g/mol. The summed E-state index contributed by atoms with van der Waals surface area (Å²) in [5.74, 6) is 0.810. The fourth-order valence-electron chi connectivity index (χ4n) is 7.90. The molecule has 262 valence electrons. The van der Waals surface area contributed by atoms with Crippen LogP contribution in [-0.4, -0.2) is 62.7 Å². The second-order valence-electron chi connectivity index (χ2n) is 14.5. The predicted molar refractivity (Wildman–Crippen MR) is 192 cm³/mol. The molecular weight excluding hydrogens is 628 g/mol. The number of aliphatic carboxylic acids is 1. The monoisotopic (exact) mass is 676 g/mol. The fourth-order valence-corrected chi connectivity index (χ4v) is 7.90. The zero-order chi connectivity index (χ0) is 35.2. The molecule has 3 aliphatic rings. The van der Waals surface area contributed by atoms with Crippen molar-refractivity contribution in [1.82, 2.24) is 20.2 Å². The lowest BCUT2D eigenvalue weighted by Gasteiger charge is -2.39. The van der Waals surface area contributed by atoms with Crippen molar-refractivity contribution in [2.24, 2.45) is 23.7 Å². The minimum Gasteiger partial charge on any atom is -0.481 e. The van der Waals surface area contributed by atoms with Crippen LogP contribution in [-0.2, 0) is 16.0 Å². The zero-order valence-electron chi connectivity index (χ0n) is 29.1. The van der Waals surface area contributed by atoms with Crippen LogP contribution in [0.15, 0.2) is 67.0 Å². The number of carboxylic acids is 1. The van der Waals surface area contributed by atoms with Crippen LogP contribution in [0.5, 0.6) is 0 Å². The number of allylic oxidation sites excluding steroid dienone is 2. The minimum absolute atomic E-state index is 0.106. The number of aromatic nitrogens is 2. The van der Waals surface area contributed by atoms with Crippen molar-refractivity contribution in [3.63, 3.8) is 0 Å². The van der Waals surface area contributed by atoms with E-state index in [1.54, 1.807) is 24.3 Å². The van der Waals surface area contributed by atoms with Crippen LogP contribution in [0, 0.1) is 23.7 Å². The highest BCUT2D eigenvalue weighted by Gasteiger charge is 2.39. The number of hydrogen-bond acceptors (Lipinski definition) is 6. The lowest BCUT2D eigenvalue weighted by atomic mass is 9.70. The van der Waals surface area contributed by atoms with E-state index < -0.39 is 23.8 Å². The molecular formula is C41H48N4O5. The first kappa shape index (κ1) is 35.2. The minimum atomic E-state index is -0.940. The number of hydrogen-bond donors (Lipinski definition) is 2. The molecule has 2 N–H and O–H groups in total. The van der Waals surface area contributed by atoms with Gasteiger partial charge in [-0.2, -0.15) is 0 Å². The lowest BCUT2D eigenvalue weighted by Crippen LogP contribution is -2.59. The van der Waals surface area contributed by atoms with E-state index in [-0.39, 0.29) is 31.2 Å². The molecule has 0 bridgehead atoms. The van der Waals surface area contributed by atoms with Gasteiger partial charge in [-0.1, -0.05) is 75.1 Å². The number of benzene rings is 2. The number of nitrogens with one attached hydrogen (secondary N) is 1. The molecule has 2 heterocycles. The van der Waals surface area contributed by atoms with Gasteiger partial charge in [0, 0.05) is 54.2 Å². The maximum absolute atomic E-state index is 13.4. The summed E-state index contributed by atoms with van der Waals surface area (Å²) in [6.45, 7) is 3.97. The smallest absolute Gasteiger partial charge is 0.310 e. The number of carboxylic acid groups (broad SMARTS) is 1. The molecule has 1 aromatic heterocycles. The number of rotatable bonds is 12. The normalized spacial score (nSPS) is 21.4. The van der Waals surface area contributed by atoms with Crippen LogP contribution in [0.1, 0.15) is 103 Å². The summed E-state index contributed by atoms with van der Waals surface area (Å²) < 4.78 is 0. The summed E-state index contributed by atoms with van der Waals surface area (Å²) >= 11 is 0. The largest absolute Gasteiger partial charge is 0.481 e. The van der Waals surface area contributed by atoms with Crippen molar-refractivity contribution in [2.45, 2.75) is 84.1 Å². The number of carbonyl (C=O) groups is 4. The van der Waals surface area contributed by atoms with Crippen LogP contribution in [0.2, 0.25) is 0 Å². The standard InChI is InChI=1S/C41H48N4O5/c1-3-4-27-5-9-30(10-6-27)31-15-17-32(18-16-31)35-22-42-38(43-23-35)33-11-7-28(8-12-33)21-37(40(48)45-24-36(25-45)41(49)50)44-39(47)34-19-13-29(14-20-34)26(2)46/h7-8,11-14,17,19-20,22-23,27,30-31,36-37H,3-6,9-10,15-16,18,21,24-25H2,1-2H3,(H,44,47)(H,49,50)/t27?,30?,31?,37-/m0/s1. The Bertz CT molecular complexity index is 1700. The number of Topliss-reactive ketones (excluding diaryl/α,β-unsaturated/α-hetero) is 1. The highest BCUT2D eigenvalue weighted by molar-refractivity contribution is 5.99. The van der Waals surface area contributed by atoms with E-state index in [2.05, 4.69) is 18.3 Å². The van der Waals surface area contributed by atoms with Gasteiger partial charge < -0.3 is 15.3 Å². The summed E-state index contributed by atoms with van der Waals surface area (Å²) in [6.07, 6.45) is 18.2. The van der Waals surface area contributed by atoms with Gasteiger partial charge >= 0.3 is 5.97 Å². The third-order valence-corrected chi connectivity index (χ3v) is 11.1. The van der Waals surface area contributed by atoms with Crippen molar-refractivity contribution < 1.29 is 24.3 Å². The van der Waals surface area contributed by atoms with Gasteiger partial charge in [0.05, 0.1) is 5.92 Å². The van der Waals surface area contributed by atoms with E-state index in [0.29, 0.717) is 17.0 Å². The highest BCUT2D eigenvalue weighted by atomic mass is 16.4. The summed E-state index contributed by atoms with van der Waals surface area (Å²) in [6, 6.07) is 13.0. The molecule has 0 spiro atoms. The van der Waals surface area contributed by atoms with E-state index in [4.69, 9.17) is 9.97 Å². The van der Waals surface area contributed by atoms with Crippen molar-refractivity contribution in [3.8, 4) is 11.4 Å². The van der Waals surface area contributed by atoms with E-state index >= 15 is 0 Å². The maximum atomic E-state index is 13.4. The quantitative estimate of drug-likeness (QED) is 0.197. The number of nitrogens with zero attached hydrogens (tertiary/aromatic N) is 3. The van der Waals surface area contributed by atoms with Crippen molar-refractivity contribution in [3.05, 3.63) is 89.3 Å². The van der Waals surface area contributed by atoms with E-state index in [1.807, 2.05) is 36.7 Å². The van der Waals surface area contributed by atoms with Crippen molar-refractivity contribution in [1.29, 1.82) is 0 Å². The summed E-state index contributed by atoms with van der Waals surface area (Å²) in [5.41, 5.74) is 4.91. The Kier molecular flexibility index (Phi) is 11.2. The Hall–Kier alpha value is -4.66. The first-order chi connectivity index (χ1) is 24.2. The van der Waals surface area contributed by atoms with Crippen LogP contribution < -0.4 is 5.32 Å². The molecule has 2 aliphatic carbocycles. The molecule has 9 nitrogen and oxygen atoms in total. The molecule has 2 amide bonds. The van der Waals surface area contributed by atoms with Gasteiger partial charge in [-0.25, -0.2) is 9.97 Å². The molecule has 2 fully saturated rings. The molecule has 1 saturated heterocycles. The maximum Gasteiger partial charge on any atom is 0.310 e. The number of ketones is 1. The molecule has 1 aliphatic heterocycles. The van der Waals surface area contributed by atoms with Gasteiger partial charge in [0.1, 0.15) is 6.04 Å². The van der Waals surface area contributed by atoms with Gasteiger partial charge in [0.15, 0.2) is 11.6 Å². The molecule has 3 aromatic rings. The van der Waals surface area contributed by atoms with Gasteiger partial charge in [-0.15, -0.1) is 0 Å². The first-order valence-electron chi connectivity index (χ1n) is 18.2. The third-order valence-electron chi connectivity index (χ3n) is 11.1. The SMILES string of the molecule is CCCC1CCC(C2CC=C(c3cnc(-c4ccc(C[C@H](NC(=O)c5ccc(C(C)=O)cc5)C(=O)N5CC(C(=O)O)C5)cc4)nc3)CC2)CC1. The van der Waals surface area contributed by atoms with Gasteiger partial charge in [0.2, 0.25) is 5.91 Å². The second kappa shape index (κ2) is 15.9. The van der Waals surface area contributed by atoms with Crippen molar-refractivity contribution in [2.75, 3.05) is 13.1 Å². The number of likely N-dealkylation sites (tertiary alicyclic amines) is 1. The molecule has 50 heavy (non-hydrogen) atoms. The molecule has 2 atom stereocenters. The van der Waals surface area contributed by atoms with E-state index in [0.717, 1.165) is 47.3 Å². The number of amides is 2. The van der Waals surface area contributed by atoms with E-state index in [9.17, 15) is 24.3 Å². The summed E-state index contributed by atoms with van der Waals surface area (Å²) in [7, 11) is 0. The Balaban J connectivity index is 1.08. The Labute approximate surface area is 294 Å². The molecule has 0 radical (unpaired) electrons. The second-order valence-corrected chi connectivity index (χ2v) is 14.5. The fraction of sp³-hybridized carbons (Fsp3) is 0.463. The average Bonchev–Trinajstić information content (AvgIpc) is 3.11. The topological polar surface area (TPSA) is 130 Å². The Morgan fingerprint density at radius 3 is 2.10 bits per heavy atom. The Morgan fingerprint density at radius 2 is 1.52 bits per heavy atom. The highest BCUT2D eigenvalue weighted by Crippen LogP contribution is 2.42. The molecule has 1 saturated carbocycles. The van der Waals surface area contributed by atoms with Crippen LogP contribution >= 0.6 is 0 Å². The van der Waals surface area contributed by atoms with Gasteiger partial charge in [0.25, 0.3) is 5.91 Å². The lowest BCUT2D eigenvalue weighted by molar-refractivity contribution is -0.153. The summed E-state index contributed by atoms with van der Waals surface area (Å²) in [5, 5.41) is 12.1. The molecule has 2 aromatic carbocycles. The van der Waals surface area contributed by atoms with Crippen LogP contribution in [0.4, 0.5) is 0 Å². The van der Waals surface area contributed by atoms with Gasteiger partial charge in [-0.05, 0) is 80.1 Å². The molecule has 9 heteroatoms. The van der Waals surface area contributed by atoms with Crippen molar-refractivity contribution >= 4 is 29.1 Å².